The highest BCUT2D eigenvalue weighted by atomic mass is 127. The van der Waals surface area contributed by atoms with E-state index in [1.165, 1.54) is 11.9 Å². The maximum Gasteiger partial charge on any atom is 0.401 e. The predicted molar refractivity (Wildman–Crippen MR) is 107 cm³/mol. The van der Waals surface area contributed by atoms with E-state index in [1.54, 1.807) is 0 Å². The Balaban J connectivity index is 0.00000625. The van der Waals surface area contributed by atoms with Gasteiger partial charge >= 0.3 is 6.18 Å². The minimum absolute atomic E-state index is 0. The van der Waals surface area contributed by atoms with E-state index in [0.717, 1.165) is 26.0 Å². The first kappa shape index (κ1) is 25.7. The van der Waals surface area contributed by atoms with Crippen LogP contribution in [0.5, 0.6) is 0 Å². The number of nitrogens with one attached hydrogen (secondary N) is 2. The van der Waals surface area contributed by atoms with Gasteiger partial charge in [0.05, 0.1) is 19.3 Å². The van der Waals surface area contributed by atoms with Gasteiger partial charge in [0.25, 0.3) is 0 Å². The molecule has 1 fully saturated rings. The van der Waals surface area contributed by atoms with Crippen molar-refractivity contribution in [3.8, 4) is 0 Å². The van der Waals surface area contributed by atoms with Crippen molar-refractivity contribution >= 4 is 29.9 Å². The second-order valence-corrected chi connectivity index (χ2v) is 6.10. The van der Waals surface area contributed by atoms with Gasteiger partial charge in [-0.15, -0.1) is 24.0 Å². The van der Waals surface area contributed by atoms with Crippen LogP contribution in [0.1, 0.15) is 26.2 Å². The molecule has 10 heteroatoms. The van der Waals surface area contributed by atoms with Gasteiger partial charge in [0.1, 0.15) is 0 Å². The largest absolute Gasteiger partial charge is 0.401 e. The molecule has 0 saturated carbocycles. The topological polar surface area (TPSA) is 58.1 Å². The van der Waals surface area contributed by atoms with Crippen LogP contribution in [0.2, 0.25) is 0 Å². The fourth-order valence-corrected chi connectivity index (χ4v) is 2.43. The summed E-state index contributed by atoms with van der Waals surface area (Å²) in [6.07, 6.45) is -1.55. The second-order valence-electron chi connectivity index (χ2n) is 6.10. The lowest BCUT2D eigenvalue weighted by atomic mass is 10.3. The normalized spacial score (nSPS) is 18.1. The van der Waals surface area contributed by atoms with Crippen LogP contribution in [0, 0.1) is 0 Å². The van der Waals surface area contributed by atoms with Gasteiger partial charge in [-0.1, -0.05) is 0 Å². The molecule has 1 heterocycles. The van der Waals surface area contributed by atoms with Crippen LogP contribution in [-0.2, 0) is 9.47 Å². The molecular formula is C16H32F3IN4O2. The lowest BCUT2D eigenvalue weighted by molar-refractivity contribution is -0.143. The number of aliphatic imine (C=N–C) groups is 1. The Kier molecular flexibility index (Phi) is 14.5. The Morgan fingerprint density at radius 1 is 1.31 bits per heavy atom. The average Bonchev–Trinajstić information content (AvgIpc) is 3.02. The monoisotopic (exact) mass is 496 g/mol. The van der Waals surface area contributed by atoms with Crippen molar-refractivity contribution in [3.05, 3.63) is 0 Å². The first-order valence-corrected chi connectivity index (χ1v) is 8.87. The van der Waals surface area contributed by atoms with Gasteiger partial charge in [-0.05, 0) is 39.8 Å². The quantitative estimate of drug-likeness (QED) is 0.199. The van der Waals surface area contributed by atoms with E-state index in [0.29, 0.717) is 45.2 Å². The smallest absolute Gasteiger partial charge is 0.379 e. The number of halogens is 4. The Bertz CT molecular complexity index is 381. The molecule has 26 heavy (non-hydrogen) atoms. The van der Waals surface area contributed by atoms with Gasteiger partial charge in [-0.2, -0.15) is 13.2 Å². The molecule has 1 aliphatic rings. The molecule has 1 saturated heterocycles. The van der Waals surface area contributed by atoms with E-state index in [2.05, 4.69) is 15.6 Å². The molecule has 0 spiro atoms. The highest BCUT2D eigenvalue weighted by molar-refractivity contribution is 14.0. The van der Waals surface area contributed by atoms with Crippen LogP contribution < -0.4 is 10.6 Å². The lowest BCUT2D eigenvalue weighted by Gasteiger charge is -2.19. The molecule has 1 unspecified atom stereocenters. The van der Waals surface area contributed by atoms with E-state index >= 15 is 0 Å². The molecule has 0 aromatic rings. The van der Waals surface area contributed by atoms with E-state index in [4.69, 9.17) is 9.47 Å². The van der Waals surface area contributed by atoms with E-state index < -0.39 is 12.7 Å². The Morgan fingerprint density at radius 3 is 2.69 bits per heavy atom. The lowest BCUT2D eigenvalue weighted by Crippen LogP contribution is -2.39. The summed E-state index contributed by atoms with van der Waals surface area (Å²) in [5.74, 6) is 0.685. The Hall–Kier alpha value is -0.330. The first-order valence-electron chi connectivity index (χ1n) is 8.87. The van der Waals surface area contributed by atoms with Crippen LogP contribution >= 0.6 is 24.0 Å². The zero-order chi connectivity index (χ0) is 18.5. The van der Waals surface area contributed by atoms with Crippen molar-refractivity contribution in [2.45, 2.75) is 38.5 Å². The van der Waals surface area contributed by atoms with Crippen molar-refractivity contribution in [2.75, 3.05) is 59.6 Å². The number of rotatable bonds is 11. The number of hydrogen-bond donors (Lipinski definition) is 2. The molecule has 2 N–H and O–H groups in total. The van der Waals surface area contributed by atoms with Gasteiger partial charge in [0.15, 0.2) is 5.96 Å². The Morgan fingerprint density at radius 2 is 2.08 bits per heavy atom. The minimum Gasteiger partial charge on any atom is -0.379 e. The molecule has 1 aliphatic heterocycles. The highest BCUT2D eigenvalue weighted by Crippen LogP contribution is 2.15. The number of ether oxygens (including phenoxy) is 2. The van der Waals surface area contributed by atoms with Crippen molar-refractivity contribution in [1.82, 2.24) is 15.5 Å². The van der Waals surface area contributed by atoms with Crippen LogP contribution in [0.25, 0.3) is 0 Å². The van der Waals surface area contributed by atoms with Crippen molar-refractivity contribution in [3.63, 3.8) is 0 Å². The molecule has 0 bridgehead atoms. The van der Waals surface area contributed by atoms with E-state index in [9.17, 15) is 13.2 Å². The van der Waals surface area contributed by atoms with Gasteiger partial charge < -0.3 is 20.1 Å². The van der Waals surface area contributed by atoms with Crippen molar-refractivity contribution in [2.24, 2.45) is 4.99 Å². The molecule has 6 nitrogen and oxygen atoms in total. The predicted octanol–water partition coefficient (Wildman–Crippen LogP) is 2.24. The molecule has 0 amide bonds. The minimum atomic E-state index is -4.15. The van der Waals surface area contributed by atoms with Crippen molar-refractivity contribution in [1.29, 1.82) is 0 Å². The maximum atomic E-state index is 12.2. The summed E-state index contributed by atoms with van der Waals surface area (Å²) in [5.41, 5.74) is 0. The summed E-state index contributed by atoms with van der Waals surface area (Å²) in [4.78, 5) is 5.72. The molecular weight excluding hydrogens is 464 g/mol. The molecule has 1 rings (SSSR count). The van der Waals surface area contributed by atoms with Gasteiger partial charge in [-0.25, -0.2) is 0 Å². The third kappa shape index (κ3) is 13.8. The fourth-order valence-electron chi connectivity index (χ4n) is 2.43. The summed E-state index contributed by atoms with van der Waals surface area (Å²) < 4.78 is 47.6. The maximum absolute atomic E-state index is 12.2. The SMILES string of the molecule is CCNC(=NCCCOC1CCOC1)NCCCN(C)CC(F)(F)F.I. The first-order chi connectivity index (χ1) is 11.9. The summed E-state index contributed by atoms with van der Waals surface area (Å²) in [5, 5.41) is 6.27. The van der Waals surface area contributed by atoms with Crippen LogP contribution in [0.3, 0.4) is 0 Å². The molecule has 0 radical (unpaired) electrons. The molecule has 156 valence electrons. The molecule has 0 aromatic heterocycles. The summed E-state index contributed by atoms with van der Waals surface area (Å²) in [7, 11) is 1.47. The zero-order valence-corrected chi connectivity index (χ0v) is 17.9. The zero-order valence-electron chi connectivity index (χ0n) is 15.6. The number of alkyl halides is 3. The molecule has 0 aromatic carbocycles. The third-order valence-corrected chi connectivity index (χ3v) is 3.62. The second kappa shape index (κ2) is 14.7. The van der Waals surface area contributed by atoms with Crippen LogP contribution in [0.4, 0.5) is 13.2 Å². The number of guanidine groups is 1. The third-order valence-electron chi connectivity index (χ3n) is 3.62. The molecule has 1 atom stereocenters. The Labute approximate surface area is 171 Å². The van der Waals surface area contributed by atoms with Crippen molar-refractivity contribution < 1.29 is 22.6 Å². The van der Waals surface area contributed by atoms with E-state index in [-0.39, 0.29) is 30.1 Å². The molecule has 0 aliphatic carbocycles. The highest BCUT2D eigenvalue weighted by Gasteiger charge is 2.28. The van der Waals surface area contributed by atoms with Gasteiger partial charge in [0.2, 0.25) is 0 Å². The summed E-state index contributed by atoms with van der Waals surface area (Å²) in [6.45, 7) is 5.51. The summed E-state index contributed by atoms with van der Waals surface area (Å²) >= 11 is 0. The standard InChI is InChI=1S/C16H31F3N4O2.HI/c1-3-20-15(21-7-4-9-23(2)13-16(17,18)19)22-8-5-10-25-14-6-11-24-12-14;/h14H,3-13H2,1-2H3,(H2,20,21,22);1H. The van der Waals surface area contributed by atoms with Gasteiger partial charge in [-0.3, -0.25) is 9.89 Å². The number of nitrogens with zero attached hydrogens (tertiary/aromatic N) is 2. The van der Waals surface area contributed by atoms with E-state index in [1.807, 2.05) is 6.92 Å². The fraction of sp³-hybridized carbons (Fsp3) is 0.938. The van der Waals surface area contributed by atoms with Crippen LogP contribution in [0.15, 0.2) is 4.99 Å². The van der Waals surface area contributed by atoms with Gasteiger partial charge in [0, 0.05) is 32.8 Å². The van der Waals surface area contributed by atoms with Crippen LogP contribution in [-0.4, -0.2) is 82.7 Å². The summed E-state index contributed by atoms with van der Waals surface area (Å²) in [6, 6.07) is 0. The average molecular weight is 496 g/mol. The number of hydrogen-bond acceptors (Lipinski definition) is 4.